The van der Waals surface area contributed by atoms with E-state index in [1.165, 1.54) is 0 Å². The van der Waals surface area contributed by atoms with E-state index in [0.29, 0.717) is 72.1 Å². The van der Waals surface area contributed by atoms with E-state index in [0.717, 1.165) is 11.4 Å². The van der Waals surface area contributed by atoms with Crippen LogP contribution in [0.1, 0.15) is 25.5 Å². The number of carbonyl (C=O) groups is 1. The van der Waals surface area contributed by atoms with Crippen molar-refractivity contribution in [1.29, 1.82) is 0 Å². The summed E-state index contributed by atoms with van der Waals surface area (Å²) in [6.45, 7) is 5.38. The Bertz CT molecular complexity index is 1490. The van der Waals surface area contributed by atoms with Crippen LogP contribution in [0.15, 0.2) is 30.5 Å². The van der Waals surface area contributed by atoms with Crippen molar-refractivity contribution in [3.8, 4) is 17.3 Å². The van der Waals surface area contributed by atoms with Gasteiger partial charge in [-0.1, -0.05) is 18.5 Å². The van der Waals surface area contributed by atoms with E-state index in [1.807, 2.05) is 72.4 Å². The highest BCUT2D eigenvalue weighted by molar-refractivity contribution is 6.30. The zero-order valence-corrected chi connectivity index (χ0v) is 22.8. The molecule has 38 heavy (non-hydrogen) atoms. The number of anilines is 2. The first-order chi connectivity index (χ1) is 18.1. The van der Waals surface area contributed by atoms with Crippen molar-refractivity contribution in [3.05, 3.63) is 41.2 Å². The maximum absolute atomic E-state index is 12.1. The van der Waals surface area contributed by atoms with Gasteiger partial charge in [-0.2, -0.15) is 9.97 Å². The number of aliphatic hydroxyl groups excluding tert-OH is 1. The Balaban J connectivity index is 1.76. The van der Waals surface area contributed by atoms with Crippen LogP contribution in [0, 0.1) is 12.3 Å². The fourth-order valence-electron chi connectivity index (χ4n) is 4.84. The molecule has 0 saturated carbocycles. The molecule has 1 amide bonds. The molecule has 0 unspecified atom stereocenters. The van der Waals surface area contributed by atoms with Crippen LogP contribution in [0.4, 0.5) is 11.8 Å². The summed E-state index contributed by atoms with van der Waals surface area (Å²) in [5, 5.41) is 10.2. The van der Waals surface area contributed by atoms with Crippen molar-refractivity contribution in [2.24, 2.45) is 18.2 Å². The number of halogens is 1. The first-order valence-corrected chi connectivity index (χ1v) is 12.9. The summed E-state index contributed by atoms with van der Waals surface area (Å²) in [6, 6.07) is 7.49. The Hall–Kier alpha value is -3.70. The van der Waals surface area contributed by atoms with Gasteiger partial charge in [0.2, 0.25) is 11.9 Å². The van der Waals surface area contributed by atoms with Gasteiger partial charge in [0.05, 0.1) is 12.3 Å². The molecule has 0 radical (unpaired) electrons. The molecule has 3 N–H and O–H groups in total. The summed E-state index contributed by atoms with van der Waals surface area (Å²) in [4.78, 5) is 35.7. The normalized spacial score (nSPS) is 15.3. The van der Waals surface area contributed by atoms with E-state index >= 15 is 0 Å². The van der Waals surface area contributed by atoms with Crippen molar-refractivity contribution in [3.63, 3.8) is 0 Å². The second kappa shape index (κ2) is 9.88. The van der Waals surface area contributed by atoms with Gasteiger partial charge in [0, 0.05) is 56.1 Å². The van der Waals surface area contributed by atoms with Crippen LogP contribution in [-0.2, 0) is 11.8 Å². The third-order valence-corrected chi connectivity index (χ3v) is 7.55. The topological polar surface area (TPSA) is 131 Å². The van der Waals surface area contributed by atoms with E-state index in [1.54, 1.807) is 0 Å². The molecular formula is C26H32ClN9O2. The summed E-state index contributed by atoms with van der Waals surface area (Å²) in [5.74, 6) is 2.15. The van der Waals surface area contributed by atoms with Crippen molar-refractivity contribution in [2.75, 3.05) is 43.1 Å². The monoisotopic (exact) mass is 537 g/mol. The molecule has 1 aliphatic heterocycles. The number of hydrogen-bond acceptors (Lipinski definition) is 8. The van der Waals surface area contributed by atoms with Crippen LogP contribution < -0.4 is 15.5 Å². The number of likely N-dealkylation sites (N-methyl/N-ethyl adjacent to an activating group) is 1. The number of nitrogens with two attached hydrogens (primary N) is 1. The van der Waals surface area contributed by atoms with Crippen LogP contribution in [0.3, 0.4) is 0 Å². The number of imidazole rings is 2. The number of aryl methyl sites for hydroxylation is 2. The Morgan fingerprint density at radius 1 is 1.13 bits per heavy atom. The molecule has 11 nitrogen and oxygen atoms in total. The van der Waals surface area contributed by atoms with E-state index < -0.39 is 5.41 Å². The van der Waals surface area contributed by atoms with Gasteiger partial charge >= 0.3 is 0 Å². The third kappa shape index (κ3) is 4.56. The standard InChI is InChI=1S/C26H32ClN9O2/c1-16-15-34(4)22(29-16)23-30-19-20(35-11-9-26(2,10-12-35)24(28)38)31-25(33(3)13-14-37)32-21(19)36(23)18-7-5-17(27)6-8-18/h5-8,15,37H,9-14H2,1-4H3,(H2,28,38). The highest BCUT2D eigenvalue weighted by Crippen LogP contribution is 2.37. The molecule has 1 aliphatic rings. The highest BCUT2D eigenvalue weighted by Gasteiger charge is 2.37. The number of nitrogens with zero attached hydrogens (tertiary/aromatic N) is 8. The van der Waals surface area contributed by atoms with Gasteiger partial charge < -0.3 is 25.2 Å². The summed E-state index contributed by atoms with van der Waals surface area (Å²) in [7, 11) is 3.77. The van der Waals surface area contributed by atoms with Crippen molar-refractivity contribution in [1.82, 2.24) is 29.1 Å². The molecule has 5 rings (SSSR count). The van der Waals surface area contributed by atoms with Crippen LogP contribution in [-0.4, -0.2) is 73.4 Å². The van der Waals surface area contributed by atoms with Gasteiger partial charge in [0.25, 0.3) is 0 Å². The summed E-state index contributed by atoms with van der Waals surface area (Å²) in [6.07, 6.45) is 3.17. The first kappa shape index (κ1) is 25.9. The van der Waals surface area contributed by atoms with Crippen molar-refractivity contribution in [2.45, 2.75) is 26.7 Å². The zero-order chi connectivity index (χ0) is 27.2. The predicted octanol–water partition coefficient (Wildman–Crippen LogP) is 2.70. The van der Waals surface area contributed by atoms with Crippen LogP contribution in [0.2, 0.25) is 5.02 Å². The number of rotatable bonds is 7. The van der Waals surface area contributed by atoms with Gasteiger partial charge in [-0.3, -0.25) is 9.36 Å². The number of primary amides is 1. The van der Waals surface area contributed by atoms with Crippen molar-refractivity contribution < 1.29 is 9.90 Å². The largest absolute Gasteiger partial charge is 0.395 e. The van der Waals surface area contributed by atoms with E-state index in [4.69, 9.17) is 37.3 Å². The molecule has 0 atom stereocenters. The van der Waals surface area contributed by atoms with Crippen LogP contribution in [0.25, 0.3) is 28.5 Å². The third-order valence-electron chi connectivity index (χ3n) is 7.30. The lowest BCUT2D eigenvalue weighted by Crippen LogP contribution is -2.45. The Labute approximate surface area is 225 Å². The number of benzene rings is 1. The lowest BCUT2D eigenvalue weighted by atomic mass is 9.80. The maximum Gasteiger partial charge on any atom is 0.229 e. The fourth-order valence-corrected chi connectivity index (χ4v) is 4.97. The summed E-state index contributed by atoms with van der Waals surface area (Å²) < 4.78 is 3.90. The maximum atomic E-state index is 12.1. The molecular weight excluding hydrogens is 506 g/mol. The second-order valence-corrected chi connectivity index (χ2v) is 10.6. The smallest absolute Gasteiger partial charge is 0.229 e. The van der Waals surface area contributed by atoms with Gasteiger partial charge in [0.1, 0.15) is 0 Å². The van der Waals surface area contributed by atoms with Crippen LogP contribution >= 0.6 is 11.6 Å². The predicted molar refractivity (Wildman–Crippen MR) is 148 cm³/mol. The molecule has 4 aromatic rings. The number of piperidine rings is 1. The molecule has 0 aliphatic carbocycles. The van der Waals surface area contributed by atoms with Gasteiger partial charge in [-0.25, -0.2) is 9.97 Å². The van der Waals surface area contributed by atoms with Crippen LogP contribution in [0.5, 0.6) is 0 Å². The number of carbonyl (C=O) groups excluding carboxylic acids is 1. The Morgan fingerprint density at radius 3 is 2.39 bits per heavy atom. The van der Waals surface area contributed by atoms with Gasteiger partial charge in [-0.05, 0) is 44.0 Å². The number of aliphatic hydroxyl groups is 1. The second-order valence-electron chi connectivity index (χ2n) is 10.1. The molecule has 1 saturated heterocycles. The summed E-state index contributed by atoms with van der Waals surface area (Å²) >= 11 is 6.21. The average Bonchev–Trinajstić information content (AvgIpc) is 3.43. The minimum Gasteiger partial charge on any atom is -0.395 e. The molecule has 3 aromatic heterocycles. The number of aromatic nitrogens is 6. The minimum absolute atomic E-state index is 0.0395. The number of fused-ring (bicyclic) bond motifs is 1. The molecule has 1 fully saturated rings. The molecule has 4 heterocycles. The quantitative estimate of drug-likeness (QED) is 0.368. The SMILES string of the molecule is Cc1cn(C)c(-c2nc3c(N4CCC(C)(C(N)=O)CC4)nc(N(C)CCO)nc3n2-c2ccc(Cl)cc2)n1. The molecule has 1 aromatic carbocycles. The Kier molecular flexibility index (Phi) is 6.74. The number of hydrogen-bond donors (Lipinski definition) is 2. The molecule has 200 valence electrons. The Morgan fingerprint density at radius 2 is 1.82 bits per heavy atom. The molecule has 0 bridgehead atoms. The summed E-state index contributed by atoms with van der Waals surface area (Å²) in [5.41, 5.74) is 8.07. The van der Waals surface area contributed by atoms with Crippen molar-refractivity contribution >= 4 is 40.4 Å². The zero-order valence-electron chi connectivity index (χ0n) is 22.0. The van der Waals surface area contributed by atoms with Gasteiger partial charge in [-0.15, -0.1) is 0 Å². The number of amides is 1. The minimum atomic E-state index is -0.558. The van der Waals surface area contributed by atoms with E-state index in [9.17, 15) is 9.90 Å². The lowest BCUT2D eigenvalue weighted by Gasteiger charge is -2.38. The highest BCUT2D eigenvalue weighted by atomic mass is 35.5. The van der Waals surface area contributed by atoms with Gasteiger partial charge in [0.15, 0.2) is 28.6 Å². The fraction of sp³-hybridized carbons (Fsp3) is 0.423. The lowest BCUT2D eigenvalue weighted by molar-refractivity contribution is -0.127. The molecule has 12 heteroatoms. The van der Waals surface area contributed by atoms with E-state index in [-0.39, 0.29) is 12.5 Å². The molecule has 0 spiro atoms. The van der Waals surface area contributed by atoms with E-state index in [2.05, 4.69) is 4.90 Å². The first-order valence-electron chi connectivity index (χ1n) is 12.5. The average molecular weight is 538 g/mol.